The lowest BCUT2D eigenvalue weighted by Crippen LogP contribution is -2.43. The van der Waals surface area contributed by atoms with Crippen molar-refractivity contribution in [2.45, 2.75) is 25.6 Å². The number of carbonyl (C=O) groups is 2. The minimum Gasteiger partial charge on any atom is -0.480 e. The number of alkyl halides is 3. The fraction of sp³-hybridized carbons (Fsp3) is 0.286. The first-order valence-corrected chi connectivity index (χ1v) is 7.17. The fourth-order valence-corrected chi connectivity index (χ4v) is 2.43. The van der Waals surface area contributed by atoms with Crippen LogP contribution in [0.5, 0.6) is 0 Å². The van der Waals surface area contributed by atoms with Gasteiger partial charge in [0.25, 0.3) is 5.91 Å². The van der Waals surface area contributed by atoms with Crippen molar-refractivity contribution in [1.29, 1.82) is 0 Å². The Morgan fingerprint density at radius 2 is 2.04 bits per heavy atom. The van der Waals surface area contributed by atoms with Gasteiger partial charge in [-0.3, -0.25) is 4.79 Å². The zero-order valence-corrected chi connectivity index (χ0v) is 13.3. The molecule has 0 saturated heterocycles. The van der Waals surface area contributed by atoms with Crippen molar-refractivity contribution in [3.05, 3.63) is 34.0 Å². The Labute approximate surface area is 136 Å². The molecule has 0 fully saturated rings. The first-order valence-electron chi connectivity index (χ1n) is 6.37. The summed E-state index contributed by atoms with van der Waals surface area (Å²) < 4.78 is 43.2. The van der Waals surface area contributed by atoms with Gasteiger partial charge < -0.3 is 14.8 Å². The molecule has 0 aliphatic rings. The maximum Gasteiger partial charge on any atom is 0.391 e. The summed E-state index contributed by atoms with van der Waals surface area (Å²) in [7, 11) is 0. The number of aryl methyl sites for hydroxylation is 1. The quantitative estimate of drug-likeness (QED) is 0.830. The molecule has 1 atom stereocenters. The van der Waals surface area contributed by atoms with Crippen molar-refractivity contribution in [2.24, 2.45) is 0 Å². The summed E-state index contributed by atoms with van der Waals surface area (Å²) in [6.45, 7) is 1.56. The molecule has 5 nitrogen and oxygen atoms in total. The molecule has 9 heteroatoms. The molecule has 1 heterocycles. The van der Waals surface area contributed by atoms with Crippen LogP contribution in [-0.2, 0) is 4.79 Å². The van der Waals surface area contributed by atoms with Gasteiger partial charge in [0.2, 0.25) is 0 Å². The van der Waals surface area contributed by atoms with Crippen LogP contribution in [0.2, 0.25) is 0 Å². The van der Waals surface area contributed by atoms with Crippen LogP contribution in [0, 0.1) is 6.92 Å². The lowest BCUT2D eigenvalue weighted by molar-refractivity contribution is -0.157. The molecule has 0 aliphatic heterocycles. The molecule has 1 aromatic heterocycles. The van der Waals surface area contributed by atoms with E-state index in [9.17, 15) is 22.8 Å². The van der Waals surface area contributed by atoms with Gasteiger partial charge in [0.05, 0.1) is 6.42 Å². The third-order valence-electron chi connectivity index (χ3n) is 3.14. The molecule has 0 bridgehead atoms. The second-order valence-electron chi connectivity index (χ2n) is 4.88. The van der Waals surface area contributed by atoms with Crippen LogP contribution in [0.4, 0.5) is 13.2 Å². The maximum atomic E-state index is 12.4. The van der Waals surface area contributed by atoms with Crippen LogP contribution in [0.1, 0.15) is 22.5 Å². The Balaban J connectivity index is 2.29. The molecule has 0 saturated carbocycles. The highest BCUT2D eigenvalue weighted by molar-refractivity contribution is 9.10. The number of hydrogen-bond donors (Lipinski definition) is 2. The Morgan fingerprint density at radius 1 is 1.39 bits per heavy atom. The molecule has 1 amide bonds. The van der Waals surface area contributed by atoms with Crippen LogP contribution in [0.3, 0.4) is 0 Å². The van der Waals surface area contributed by atoms with Crippen LogP contribution >= 0.6 is 15.9 Å². The Morgan fingerprint density at radius 3 is 2.61 bits per heavy atom. The zero-order valence-electron chi connectivity index (χ0n) is 11.7. The first-order chi connectivity index (χ1) is 10.6. The van der Waals surface area contributed by atoms with Crippen LogP contribution in [0.15, 0.2) is 27.1 Å². The Bertz CT molecular complexity index is 769. The topological polar surface area (TPSA) is 79.5 Å². The number of rotatable bonds is 4. The normalized spacial score (nSPS) is 13.1. The summed E-state index contributed by atoms with van der Waals surface area (Å²) in [6, 6.07) is 2.88. The monoisotopic (exact) mass is 393 g/mol. The van der Waals surface area contributed by atoms with E-state index in [0.29, 0.717) is 16.5 Å². The van der Waals surface area contributed by atoms with Gasteiger partial charge in [0, 0.05) is 15.4 Å². The number of aliphatic carboxylic acids is 1. The van der Waals surface area contributed by atoms with E-state index in [1.807, 2.05) is 5.32 Å². The summed E-state index contributed by atoms with van der Waals surface area (Å²) in [5, 5.41) is 11.3. The maximum absolute atomic E-state index is 12.4. The molecule has 2 rings (SSSR count). The standard InChI is InChI=1S/C14H11BrF3NO4/c1-6-8-4-7(15)2-3-10(8)23-11(6)12(20)19-9(13(21)22)5-14(16,17)18/h2-4,9H,5H2,1H3,(H,19,20)(H,21,22). The number of carboxylic acid groups (broad SMARTS) is 1. The predicted octanol–water partition coefficient (Wildman–Crippen LogP) is 3.64. The minimum absolute atomic E-state index is 0.216. The van der Waals surface area contributed by atoms with E-state index in [1.54, 1.807) is 25.1 Å². The number of carbonyl (C=O) groups excluding carboxylic acids is 1. The van der Waals surface area contributed by atoms with Crippen LogP contribution in [0.25, 0.3) is 11.0 Å². The van der Waals surface area contributed by atoms with E-state index < -0.39 is 30.5 Å². The SMILES string of the molecule is Cc1c(C(=O)NC(CC(F)(F)F)C(=O)O)oc2ccc(Br)cc12. The molecular weight excluding hydrogens is 383 g/mol. The molecule has 0 radical (unpaired) electrons. The highest BCUT2D eigenvalue weighted by atomic mass is 79.9. The van der Waals surface area contributed by atoms with E-state index in [2.05, 4.69) is 15.9 Å². The molecule has 2 N–H and O–H groups in total. The van der Waals surface area contributed by atoms with Crippen molar-refractivity contribution in [2.75, 3.05) is 0 Å². The van der Waals surface area contributed by atoms with Gasteiger partial charge >= 0.3 is 12.1 Å². The van der Waals surface area contributed by atoms with E-state index in [1.165, 1.54) is 0 Å². The largest absolute Gasteiger partial charge is 0.480 e. The van der Waals surface area contributed by atoms with Crippen molar-refractivity contribution >= 4 is 38.8 Å². The molecule has 23 heavy (non-hydrogen) atoms. The van der Waals surface area contributed by atoms with E-state index in [4.69, 9.17) is 9.52 Å². The smallest absolute Gasteiger partial charge is 0.391 e. The number of hydrogen-bond acceptors (Lipinski definition) is 3. The average molecular weight is 394 g/mol. The van der Waals surface area contributed by atoms with Crippen LogP contribution < -0.4 is 5.32 Å². The highest BCUT2D eigenvalue weighted by Crippen LogP contribution is 2.28. The number of amides is 1. The molecular formula is C14H11BrF3NO4. The molecule has 0 aliphatic carbocycles. The van der Waals surface area contributed by atoms with Gasteiger partial charge in [0.1, 0.15) is 11.6 Å². The summed E-state index contributed by atoms with van der Waals surface area (Å²) in [4.78, 5) is 23.0. The summed E-state index contributed by atoms with van der Waals surface area (Å²) in [5.41, 5.74) is 0.786. The van der Waals surface area contributed by atoms with Gasteiger partial charge in [-0.2, -0.15) is 13.2 Å². The van der Waals surface area contributed by atoms with E-state index in [-0.39, 0.29) is 5.76 Å². The Hall–Kier alpha value is -2.03. The third kappa shape index (κ3) is 4.04. The zero-order chi connectivity index (χ0) is 17.4. The third-order valence-corrected chi connectivity index (χ3v) is 3.64. The summed E-state index contributed by atoms with van der Waals surface area (Å²) in [5.74, 6) is -3.00. The van der Waals surface area contributed by atoms with E-state index >= 15 is 0 Å². The lowest BCUT2D eigenvalue weighted by Gasteiger charge is -2.15. The van der Waals surface area contributed by atoms with Crippen molar-refractivity contribution < 1.29 is 32.3 Å². The number of nitrogens with one attached hydrogen (secondary N) is 1. The van der Waals surface area contributed by atoms with Gasteiger partial charge in [-0.05, 0) is 25.1 Å². The van der Waals surface area contributed by atoms with Crippen molar-refractivity contribution in [1.82, 2.24) is 5.32 Å². The minimum atomic E-state index is -4.72. The number of carboxylic acids is 1. The fourth-order valence-electron chi connectivity index (χ4n) is 2.07. The predicted molar refractivity (Wildman–Crippen MR) is 78.2 cm³/mol. The molecule has 2 aromatic rings. The number of benzene rings is 1. The first kappa shape index (κ1) is 17.3. The van der Waals surface area contributed by atoms with Gasteiger partial charge in [-0.25, -0.2) is 4.79 Å². The number of furan rings is 1. The average Bonchev–Trinajstić information content (AvgIpc) is 2.73. The lowest BCUT2D eigenvalue weighted by atomic mass is 10.1. The number of halogens is 4. The van der Waals surface area contributed by atoms with Crippen LogP contribution in [-0.4, -0.2) is 29.2 Å². The molecule has 124 valence electrons. The molecule has 1 aromatic carbocycles. The van der Waals surface area contributed by atoms with E-state index in [0.717, 1.165) is 4.47 Å². The number of fused-ring (bicyclic) bond motifs is 1. The Kier molecular flexibility index (Phi) is 4.69. The van der Waals surface area contributed by atoms with Gasteiger partial charge in [-0.15, -0.1) is 0 Å². The summed E-state index contributed by atoms with van der Waals surface area (Å²) in [6.07, 6.45) is -6.39. The van der Waals surface area contributed by atoms with Gasteiger partial charge in [0.15, 0.2) is 5.76 Å². The summed E-state index contributed by atoms with van der Waals surface area (Å²) >= 11 is 3.26. The second kappa shape index (κ2) is 6.23. The second-order valence-corrected chi connectivity index (χ2v) is 5.80. The van der Waals surface area contributed by atoms with Gasteiger partial charge in [-0.1, -0.05) is 15.9 Å². The molecule has 1 unspecified atom stereocenters. The van der Waals surface area contributed by atoms with Crippen molar-refractivity contribution in [3.8, 4) is 0 Å². The molecule has 0 spiro atoms. The highest BCUT2D eigenvalue weighted by Gasteiger charge is 2.37. The van der Waals surface area contributed by atoms with Crippen molar-refractivity contribution in [3.63, 3.8) is 0 Å².